The highest BCUT2D eigenvalue weighted by Gasteiger charge is 2.12. The molecule has 2 rings (SSSR count). The number of hydrogen-bond donors (Lipinski definition) is 0. The number of hydrogen-bond acceptors (Lipinski definition) is 1. The minimum absolute atomic E-state index is 0.321. The summed E-state index contributed by atoms with van der Waals surface area (Å²) in [6.07, 6.45) is 0. The average molecular weight is 274 g/mol. The molecule has 4 heteroatoms. The van der Waals surface area contributed by atoms with E-state index in [2.05, 4.69) is 34.8 Å². The normalized spacial score (nSPS) is 11.5. The largest absolute Gasteiger partial charge is 0.312 e. The molecule has 0 unspecified atom stereocenters. The molecule has 0 spiro atoms. The Hall–Kier alpha value is -0.540. The zero-order chi connectivity index (χ0) is 10.3. The van der Waals surface area contributed by atoms with Gasteiger partial charge in [0.1, 0.15) is 5.52 Å². The van der Waals surface area contributed by atoms with Crippen molar-refractivity contribution >= 4 is 38.6 Å². The van der Waals surface area contributed by atoms with Crippen LogP contribution >= 0.6 is 27.5 Å². The van der Waals surface area contributed by atoms with Crippen LogP contribution in [0.5, 0.6) is 0 Å². The SMILES string of the molecule is CC(C)n1c(Cl)nc2c(Br)cccc21. The molecule has 1 aromatic carbocycles. The maximum absolute atomic E-state index is 6.07. The lowest BCUT2D eigenvalue weighted by Crippen LogP contribution is -1.99. The summed E-state index contributed by atoms with van der Waals surface area (Å²) in [5, 5.41) is 0.543. The predicted molar refractivity (Wildman–Crippen MR) is 62.8 cm³/mol. The van der Waals surface area contributed by atoms with Crippen LogP contribution in [-0.4, -0.2) is 9.55 Å². The number of nitrogens with zero attached hydrogens (tertiary/aromatic N) is 2. The average Bonchev–Trinajstić information content (AvgIpc) is 2.42. The first-order chi connectivity index (χ1) is 6.61. The van der Waals surface area contributed by atoms with Gasteiger partial charge in [-0.05, 0) is 53.5 Å². The van der Waals surface area contributed by atoms with Crippen LogP contribution in [0.4, 0.5) is 0 Å². The third-order valence-electron chi connectivity index (χ3n) is 2.14. The van der Waals surface area contributed by atoms with Gasteiger partial charge in [-0.25, -0.2) is 4.98 Å². The number of imidazole rings is 1. The Balaban J connectivity index is 2.83. The van der Waals surface area contributed by atoms with Crippen molar-refractivity contribution in [2.45, 2.75) is 19.9 Å². The van der Waals surface area contributed by atoms with Gasteiger partial charge in [-0.2, -0.15) is 0 Å². The van der Waals surface area contributed by atoms with Crippen LogP contribution < -0.4 is 0 Å². The van der Waals surface area contributed by atoms with E-state index in [9.17, 15) is 0 Å². The van der Waals surface area contributed by atoms with Gasteiger partial charge in [-0.1, -0.05) is 6.07 Å². The zero-order valence-corrected chi connectivity index (χ0v) is 10.3. The van der Waals surface area contributed by atoms with Crippen molar-refractivity contribution in [1.29, 1.82) is 0 Å². The molecule has 74 valence electrons. The smallest absolute Gasteiger partial charge is 0.204 e. The number of aromatic nitrogens is 2. The maximum Gasteiger partial charge on any atom is 0.204 e. The third-order valence-corrected chi connectivity index (χ3v) is 3.05. The van der Waals surface area contributed by atoms with E-state index in [0.29, 0.717) is 11.3 Å². The molecule has 0 bridgehead atoms. The summed E-state index contributed by atoms with van der Waals surface area (Å²) in [6, 6.07) is 6.31. The second kappa shape index (κ2) is 3.55. The summed E-state index contributed by atoms with van der Waals surface area (Å²) in [5.41, 5.74) is 1.99. The van der Waals surface area contributed by atoms with Gasteiger partial charge in [0.15, 0.2) is 0 Å². The monoisotopic (exact) mass is 272 g/mol. The van der Waals surface area contributed by atoms with Crippen molar-refractivity contribution in [1.82, 2.24) is 9.55 Å². The Morgan fingerprint density at radius 2 is 2.14 bits per heavy atom. The van der Waals surface area contributed by atoms with Crippen LogP contribution in [0, 0.1) is 0 Å². The molecule has 0 saturated carbocycles. The minimum atomic E-state index is 0.321. The van der Waals surface area contributed by atoms with E-state index >= 15 is 0 Å². The molecule has 1 heterocycles. The quantitative estimate of drug-likeness (QED) is 0.767. The Morgan fingerprint density at radius 1 is 1.43 bits per heavy atom. The van der Waals surface area contributed by atoms with Crippen LogP contribution in [0.3, 0.4) is 0 Å². The summed E-state index contributed by atoms with van der Waals surface area (Å²) < 4.78 is 3.00. The molecule has 0 aliphatic rings. The van der Waals surface area contributed by atoms with Crippen molar-refractivity contribution < 1.29 is 0 Å². The van der Waals surface area contributed by atoms with Gasteiger partial charge in [0, 0.05) is 10.5 Å². The van der Waals surface area contributed by atoms with Crippen LogP contribution in [0.2, 0.25) is 5.28 Å². The van der Waals surface area contributed by atoms with E-state index in [0.717, 1.165) is 15.5 Å². The molecule has 2 aromatic rings. The lowest BCUT2D eigenvalue weighted by atomic mass is 10.3. The number of halogens is 2. The summed E-state index contributed by atoms with van der Waals surface area (Å²) in [5.74, 6) is 0. The molecule has 0 fully saturated rings. The minimum Gasteiger partial charge on any atom is -0.312 e. The molecule has 1 aromatic heterocycles. The van der Waals surface area contributed by atoms with Crippen LogP contribution in [0.1, 0.15) is 19.9 Å². The van der Waals surface area contributed by atoms with Crippen molar-refractivity contribution in [3.63, 3.8) is 0 Å². The van der Waals surface area contributed by atoms with Crippen LogP contribution in [-0.2, 0) is 0 Å². The third kappa shape index (κ3) is 1.44. The first-order valence-corrected chi connectivity index (χ1v) is 5.60. The second-order valence-electron chi connectivity index (χ2n) is 3.45. The number of benzene rings is 1. The van der Waals surface area contributed by atoms with Crippen molar-refractivity contribution in [3.05, 3.63) is 28.0 Å². The molecular weight excluding hydrogens is 263 g/mol. The van der Waals surface area contributed by atoms with Crippen molar-refractivity contribution in [2.24, 2.45) is 0 Å². The number of para-hydroxylation sites is 1. The molecular formula is C10H10BrClN2. The predicted octanol–water partition coefficient (Wildman–Crippen LogP) is 4.03. The molecule has 0 N–H and O–H groups in total. The van der Waals surface area contributed by atoms with E-state index in [4.69, 9.17) is 11.6 Å². The van der Waals surface area contributed by atoms with E-state index in [1.165, 1.54) is 0 Å². The molecule has 14 heavy (non-hydrogen) atoms. The zero-order valence-electron chi connectivity index (χ0n) is 7.96. The molecule has 0 saturated heterocycles. The van der Waals surface area contributed by atoms with Gasteiger partial charge in [0.05, 0.1) is 5.52 Å². The van der Waals surface area contributed by atoms with E-state index < -0.39 is 0 Å². The second-order valence-corrected chi connectivity index (χ2v) is 4.64. The van der Waals surface area contributed by atoms with Crippen LogP contribution in [0.25, 0.3) is 11.0 Å². The first-order valence-electron chi connectivity index (χ1n) is 4.43. The van der Waals surface area contributed by atoms with Gasteiger partial charge in [0.25, 0.3) is 0 Å². The highest BCUT2D eigenvalue weighted by Crippen LogP contribution is 2.28. The van der Waals surface area contributed by atoms with E-state index in [1.54, 1.807) is 0 Å². The van der Waals surface area contributed by atoms with Gasteiger partial charge in [-0.15, -0.1) is 0 Å². The van der Waals surface area contributed by atoms with E-state index in [1.807, 2.05) is 22.8 Å². The van der Waals surface area contributed by atoms with E-state index in [-0.39, 0.29) is 0 Å². The molecule has 0 amide bonds. The van der Waals surface area contributed by atoms with Gasteiger partial charge in [0.2, 0.25) is 5.28 Å². The van der Waals surface area contributed by atoms with Gasteiger partial charge in [-0.3, -0.25) is 0 Å². The lowest BCUT2D eigenvalue weighted by Gasteiger charge is -2.09. The van der Waals surface area contributed by atoms with Crippen molar-refractivity contribution in [2.75, 3.05) is 0 Å². The fourth-order valence-corrected chi connectivity index (χ4v) is 2.36. The highest BCUT2D eigenvalue weighted by atomic mass is 79.9. The Kier molecular flexibility index (Phi) is 2.54. The Labute approximate surface area is 96.0 Å². The fraction of sp³-hybridized carbons (Fsp3) is 0.300. The number of rotatable bonds is 1. The lowest BCUT2D eigenvalue weighted by molar-refractivity contribution is 0.618. The molecule has 0 aliphatic carbocycles. The highest BCUT2D eigenvalue weighted by molar-refractivity contribution is 9.10. The summed E-state index contributed by atoms with van der Waals surface area (Å²) >= 11 is 9.52. The summed E-state index contributed by atoms with van der Waals surface area (Å²) in [7, 11) is 0. The molecule has 0 radical (unpaired) electrons. The molecule has 0 atom stereocenters. The topological polar surface area (TPSA) is 17.8 Å². The molecule has 2 nitrogen and oxygen atoms in total. The molecule has 0 aliphatic heterocycles. The van der Waals surface area contributed by atoms with Crippen molar-refractivity contribution in [3.8, 4) is 0 Å². The Bertz CT molecular complexity index is 476. The first kappa shape index (κ1) is 9.99. The summed E-state index contributed by atoms with van der Waals surface area (Å²) in [6.45, 7) is 4.18. The van der Waals surface area contributed by atoms with Gasteiger partial charge >= 0.3 is 0 Å². The Morgan fingerprint density at radius 3 is 2.79 bits per heavy atom. The van der Waals surface area contributed by atoms with Crippen LogP contribution in [0.15, 0.2) is 22.7 Å². The number of fused-ring (bicyclic) bond motifs is 1. The maximum atomic E-state index is 6.07. The van der Waals surface area contributed by atoms with Gasteiger partial charge < -0.3 is 4.57 Å². The summed E-state index contributed by atoms with van der Waals surface area (Å²) in [4.78, 5) is 4.32. The fourth-order valence-electron chi connectivity index (χ4n) is 1.55. The standard InChI is InChI=1S/C10H10BrClN2/c1-6(2)14-8-5-3-4-7(11)9(8)13-10(14)12/h3-6H,1-2H3.